The van der Waals surface area contributed by atoms with E-state index in [1.807, 2.05) is 0 Å². The quantitative estimate of drug-likeness (QED) is 0.938. The van der Waals surface area contributed by atoms with Gasteiger partial charge in [0.1, 0.15) is 18.0 Å². The molecule has 0 aromatic heterocycles. The number of hydrogen-bond acceptors (Lipinski definition) is 3. The predicted molar refractivity (Wildman–Crippen MR) is 68.8 cm³/mol. The Bertz CT molecular complexity index is 738. The zero-order chi connectivity index (χ0) is 15.4. The maximum absolute atomic E-state index is 13.6. The first-order valence-electron chi connectivity index (χ1n) is 5.85. The Kier molecular flexibility index (Phi) is 4.14. The van der Waals surface area contributed by atoms with E-state index < -0.39 is 23.4 Å². The van der Waals surface area contributed by atoms with Crippen LogP contribution in [0.25, 0.3) is 0 Å². The molecular formula is C15H9F2NO3. The normalized spacial score (nSPS) is 9.95. The van der Waals surface area contributed by atoms with Crippen molar-refractivity contribution in [1.29, 1.82) is 5.26 Å². The van der Waals surface area contributed by atoms with E-state index in [1.54, 1.807) is 6.07 Å². The van der Waals surface area contributed by atoms with Gasteiger partial charge in [0, 0.05) is 0 Å². The fraction of sp³-hybridized carbons (Fsp3) is 0.0667. The third-order valence-electron chi connectivity index (χ3n) is 2.67. The van der Waals surface area contributed by atoms with Gasteiger partial charge in [-0.05, 0) is 35.9 Å². The number of carboxylic acid groups (broad SMARTS) is 1. The van der Waals surface area contributed by atoms with Gasteiger partial charge in [0.05, 0.1) is 11.6 Å². The number of ether oxygens (including phenoxy) is 1. The largest absolute Gasteiger partial charge is 0.485 e. The lowest BCUT2D eigenvalue weighted by Gasteiger charge is -2.10. The van der Waals surface area contributed by atoms with Crippen LogP contribution in [0, 0.1) is 23.0 Å². The summed E-state index contributed by atoms with van der Waals surface area (Å²) in [6.07, 6.45) is 0. The molecule has 0 radical (unpaired) electrons. The first kappa shape index (κ1) is 14.5. The fourth-order valence-corrected chi connectivity index (χ4v) is 1.78. The van der Waals surface area contributed by atoms with E-state index >= 15 is 0 Å². The van der Waals surface area contributed by atoms with E-state index in [4.69, 9.17) is 15.1 Å². The molecule has 0 saturated heterocycles. The van der Waals surface area contributed by atoms with Crippen LogP contribution in [0.15, 0.2) is 36.4 Å². The molecule has 0 aliphatic heterocycles. The van der Waals surface area contributed by atoms with Gasteiger partial charge in [-0.1, -0.05) is 6.07 Å². The van der Waals surface area contributed by atoms with Crippen molar-refractivity contribution in [3.05, 3.63) is 64.7 Å². The van der Waals surface area contributed by atoms with Crippen molar-refractivity contribution < 1.29 is 23.4 Å². The highest BCUT2D eigenvalue weighted by atomic mass is 19.1. The van der Waals surface area contributed by atoms with E-state index in [1.165, 1.54) is 18.2 Å². The minimum atomic E-state index is -1.33. The lowest BCUT2D eigenvalue weighted by atomic mass is 10.1. The molecule has 0 unspecified atom stereocenters. The van der Waals surface area contributed by atoms with Crippen LogP contribution in [0.2, 0.25) is 0 Å². The summed E-state index contributed by atoms with van der Waals surface area (Å²) in [7, 11) is 0. The highest BCUT2D eigenvalue weighted by Crippen LogP contribution is 2.24. The first-order chi connectivity index (χ1) is 10.0. The molecule has 4 nitrogen and oxygen atoms in total. The molecule has 6 heteroatoms. The Labute approximate surface area is 118 Å². The molecule has 0 amide bonds. The second-order valence-electron chi connectivity index (χ2n) is 4.17. The van der Waals surface area contributed by atoms with Gasteiger partial charge in [-0.3, -0.25) is 0 Å². The number of rotatable bonds is 4. The third kappa shape index (κ3) is 3.34. The molecule has 1 N–H and O–H groups in total. The average Bonchev–Trinajstić information content (AvgIpc) is 2.45. The molecule has 0 aliphatic rings. The summed E-state index contributed by atoms with van der Waals surface area (Å²) in [5.74, 6) is -3.21. The molecule has 2 rings (SSSR count). The molecule has 0 atom stereocenters. The Hall–Kier alpha value is -2.94. The predicted octanol–water partition coefficient (Wildman–Crippen LogP) is 3.11. The number of aromatic carboxylic acids is 1. The van der Waals surface area contributed by atoms with Crippen LogP contribution >= 0.6 is 0 Å². The molecule has 0 spiro atoms. The minimum Gasteiger partial charge on any atom is -0.485 e. The second kappa shape index (κ2) is 6.01. The van der Waals surface area contributed by atoms with Crippen molar-refractivity contribution in [2.75, 3.05) is 0 Å². The fourth-order valence-electron chi connectivity index (χ4n) is 1.78. The number of halogens is 2. The molecule has 2 aromatic carbocycles. The van der Waals surface area contributed by atoms with Crippen molar-refractivity contribution in [3.8, 4) is 11.8 Å². The standard InChI is InChI=1S/C15H9F2NO3/c16-11-5-9(7-18)4-10(6-11)8-21-14-12(15(19)20)2-1-3-13(14)17/h1-6H,8H2,(H,19,20). The minimum absolute atomic E-state index is 0.0978. The number of carbonyl (C=O) groups is 1. The molecule has 21 heavy (non-hydrogen) atoms. The van der Waals surface area contributed by atoms with Crippen LogP contribution in [0.5, 0.6) is 5.75 Å². The van der Waals surface area contributed by atoms with Gasteiger partial charge in [0.15, 0.2) is 11.6 Å². The van der Waals surface area contributed by atoms with Crippen LogP contribution in [0.3, 0.4) is 0 Å². The Morgan fingerprint density at radius 1 is 1.29 bits per heavy atom. The third-order valence-corrected chi connectivity index (χ3v) is 2.67. The Morgan fingerprint density at radius 3 is 2.71 bits per heavy atom. The van der Waals surface area contributed by atoms with Crippen molar-refractivity contribution >= 4 is 5.97 Å². The van der Waals surface area contributed by atoms with Crippen LogP contribution in [0.4, 0.5) is 8.78 Å². The number of benzene rings is 2. The summed E-state index contributed by atoms with van der Waals surface area (Å²) in [4.78, 5) is 11.0. The summed E-state index contributed by atoms with van der Waals surface area (Å²) >= 11 is 0. The molecule has 2 aromatic rings. The maximum Gasteiger partial charge on any atom is 0.339 e. The Morgan fingerprint density at radius 2 is 2.05 bits per heavy atom. The molecular weight excluding hydrogens is 280 g/mol. The summed E-state index contributed by atoms with van der Waals surface area (Å²) in [6.45, 7) is -0.256. The number of para-hydroxylation sites is 1. The Balaban J connectivity index is 2.27. The second-order valence-corrected chi connectivity index (χ2v) is 4.17. The smallest absolute Gasteiger partial charge is 0.339 e. The lowest BCUT2D eigenvalue weighted by Crippen LogP contribution is -2.05. The zero-order valence-corrected chi connectivity index (χ0v) is 10.6. The summed E-state index contributed by atoms with van der Waals surface area (Å²) in [5.41, 5.74) is 0.0682. The summed E-state index contributed by atoms with van der Waals surface area (Å²) in [6, 6.07) is 8.86. The van der Waals surface area contributed by atoms with Gasteiger partial charge in [0.2, 0.25) is 0 Å². The van der Waals surface area contributed by atoms with Crippen molar-refractivity contribution in [3.63, 3.8) is 0 Å². The topological polar surface area (TPSA) is 70.3 Å². The van der Waals surface area contributed by atoms with Gasteiger partial charge < -0.3 is 9.84 Å². The van der Waals surface area contributed by atoms with Gasteiger partial charge in [-0.2, -0.15) is 5.26 Å². The average molecular weight is 289 g/mol. The lowest BCUT2D eigenvalue weighted by molar-refractivity contribution is 0.0690. The zero-order valence-electron chi connectivity index (χ0n) is 10.6. The van der Waals surface area contributed by atoms with Gasteiger partial charge in [-0.15, -0.1) is 0 Å². The number of carboxylic acids is 1. The van der Waals surface area contributed by atoms with Gasteiger partial charge >= 0.3 is 5.97 Å². The summed E-state index contributed by atoms with van der Waals surface area (Å²) < 4.78 is 32.0. The van der Waals surface area contributed by atoms with E-state index in [0.29, 0.717) is 5.56 Å². The van der Waals surface area contributed by atoms with Gasteiger partial charge in [-0.25, -0.2) is 13.6 Å². The first-order valence-corrected chi connectivity index (χ1v) is 5.85. The van der Waals surface area contributed by atoms with Crippen molar-refractivity contribution in [2.24, 2.45) is 0 Å². The number of nitrogens with zero attached hydrogens (tertiary/aromatic N) is 1. The van der Waals surface area contributed by atoms with E-state index in [9.17, 15) is 13.6 Å². The molecule has 106 valence electrons. The highest BCUT2D eigenvalue weighted by Gasteiger charge is 2.16. The van der Waals surface area contributed by atoms with Crippen LogP contribution < -0.4 is 4.74 Å². The molecule has 0 aliphatic carbocycles. The van der Waals surface area contributed by atoms with Crippen molar-refractivity contribution in [2.45, 2.75) is 6.61 Å². The van der Waals surface area contributed by atoms with E-state index in [0.717, 1.165) is 18.2 Å². The molecule has 0 bridgehead atoms. The van der Waals surface area contributed by atoms with Crippen LogP contribution in [0.1, 0.15) is 21.5 Å². The molecule has 0 saturated carbocycles. The van der Waals surface area contributed by atoms with E-state index in [2.05, 4.69) is 0 Å². The van der Waals surface area contributed by atoms with Crippen LogP contribution in [-0.4, -0.2) is 11.1 Å². The number of nitriles is 1. The monoisotopic (exact) mass is 289 g/mol. The van der Waals surface area contributed by atoms with Crippen molar-refractivity contribution in [1.82, 2.24) is 0 Å². The summed E-state index contributed by atoms with van der Waals surface area (Å²) in [5, 5.41) is 17.7. The number of hydrogen-bond donors (Lipinski definition) is 1. The van der Waals surface area contributed by atoms with E-state index in [-0.39, 0.29) is 17.7 Å². The van der Waals surface area contributed by atoms with Gasteiger partial charge in [0.25, 0.3) is 0 Å². The maximum atomic E-state index is 13.6. The van der Waals surface area contributed by atoms with Crippen LogP contribution in [-0.2, 0) is 6.61 Å². The highest BCUT2D eigenvalue weighted by molar-refractivity contribution is 5.90. The molecule has 0 fully saturated rings. The molecule has 0 heterocycles. The SMILES string of the molecule is N#Cc1cc(F)cc(COc2c(F)cccc2C(=O)O)c1.